The van der Waals surface area contributed by atoms with E-state index in [1.165, 1.54) is 16.8 Å². The average molecular weight is 151 g/mol. The molecule has 0 saturated carbocycles. The van der Waals surface area contributed by atoms with Gasteiger partial charge in [0.15, 0.2) is 0 Å². The monoisotopic (exact) mass is 151 g/mol. The highest BCUT2D eigenvalue weighted by molar-refractivity contribution is 5.32. The van der Waals surface area contributed by atoms with E-state index in [4.69, 9.17) is 0 Å². The lowest BCUT2D eigenvalue weighted by Crippen LogP contribution is -2.31. The second-order valence-corrected chi connectivity index (χ2v) is 3.44. The Kier molecular flexibility index (Phi) is 2.08. The van der Waals surface area contributed by atoms with Crippen LogP contribution in [0.5, 0.6) is 0 Å². The number of nitrogens with zero attached hydrogens (tertiary/aromatic N) is 1. The van der Waals surface area contributed by atoms with Crippen LogP contribution in [0.15, 0.2) is 22.9 Å². The molecular weight excluding hydrogens is 134 g/mol. The van der Waals surface area contributed by atoms with E-state index in [0.717, 1.165) is 0 Å². The summed E-state index contributed by atoms with van der Waals surface area (Å²) < 4.78 is 0. The average Bonchev–Trinajstić information content (AvgIpc) is 1.97. The van der Waals surface area contributed by atoms with Crippen LogP contribution in [0.2, 0.25) is 0 Å². The molecule has 1 nitrogen and oxygen atoms in total. The summed E-state index contributed by atoms with van der Waals surface area (Å²) in [5.41, 5.74) is 4.27. The van der Waals surface area contributed by atoms with Gasteiger partial charge in [0.1, 0.15) is 0 Å². The van der Waals surface area contributed by atoms with Gasteiger partial charge in [-0.05, 0) is 44.9 Å². The van der Waals surface area contributed by atoms with E-state index in [1.54, 1.807) is 0 Å². The lowest BCUT2D eigenvalue weighted by molar-refractivity contribution is 0.352. The third-order valence-electron chi connectivity index (χ3n) is 2.81. The SMILES string of the molecule is CC1=CC(C)=C(C)C(C)N1C. The first kappa shape index (κ1) is 8.38. The molecule has 0 aromatic carbocycles. The molecule has 62 valence electrons. The summed E-state index contributed by atoms with van der Waals surface area (Å²) in [5, 5.41) is 0. The highest BCUT2D eigenvalue weighted by Crippen LogP contribution is 2.23. The van der Waals surface area contributed by atoms with Crippen LogP contribution in [0.1, 0.15) is 27.7 Å². The largest absolute Gasteiger partial charge is 0.372 e. The lowest BCUT2D eigenvalue weighted by Gasteiger charge is -2.33. The predicted molar refractivity (Wildman–Crippen MR) is 49.4 cm³/mol. The van der Waals surface area contributed by atoms with Crippen LogP contribution in [0.4, 0.5) is 0 Å². The molecule has 0 bridgehead atoms. The second kappa shape index (κ2) is 2.72. The highest BCUT2D eigenvalue weighted by atomic mass is 15.1. The first-order chi connectivity index (χ1) is 5.04. The van der Waals surface area contributed by atoms with Gasteiger partial charge in [-0.25, -0.2) is 0 Å². The van der Waals surface area contributed by atoms with Crippen molar-refractivity contribution in [2.75, 3.05) is 7.05 Å². The number of hydrogen-bond acceptors (Lipinski definition) is 1. The standard InChI is InChI=1S/C10H17N/c1-7-6-8(2)11(5)10(4)9(7)3/h6,10H,1-5H3. The van der Waals surface area contributed by atoms with Crippen molar-refractivity contribution < 1.29 is 0 Å². The molecular formula is C10H17N. The van der Waals surface area contributed by atoms with Crippen molar-refractivity contribution in [3.05, 3.63) is 22.9 Å². The smallest absolute Gasteiger partial charge is 0.0470 e. The number of rotatable bonds is 0. The van der Waals surface area contributed by atoms with Gasteiger partial charge >= 0.3 is 0 Å². The molecule has 0 aliphatic carbocycles. The molecule has 0 N–H and O–H groups in total. The van der Waals surface area contributed by atoms with Gasteiger partial charge in [-0.3, -0.25) is 0 Å². The van der Waals surface area contributed by atoms with Gasteiger partial charge in [-0.1, -0.05) is 0 Å². The van der Waals surface area contributed by atoms with E-state index >= 15 is 0 Å². The topological polar surface area (TPSA) is 3.24 Å². The van der Waals surface area contributed by atoms with Crippen LogP contribution in [0, 0.1) is 0 Å². The summed E-state index contributed by atoms with van der Waals surface area (Å²) in [5.74, 6) is 0. The zero-order chi connectivity index (χ0) is 8.59. The van der Waals surface area contributed by atoms with Gasteiger partial charge in [0.2, 0.25) is 0 Å². The Morgan fingerprint density at radius 2 is 1.82 bits per heavy atom. The van der Waals surface area contributed by atoms with Crippen molar-refractivity contribution in [1.29, 1.82) is 0 Å². The van der Waals surface area contributed by atoms with Crippen LogP contribution in [-0.4, -0.2) is 18.0 Å². The Labute approximate surface area is 69.4 Å². The quantitative estimate of drug-likeness (QED) is 0.514. The van der Waals surface area contributed by atoms with E-state index in [9.17, 15) is 0 Å². The minimum Gasteiger partial charge on any atom is -0.372 e. The van der Waals surface area contributed by atoms with Crippen LogP contribution in [0.25, 0.3) is 0 Å². The van der Waals surface area contributed by atoms with Gasteiger partial charge < -0.3 is 4.90 Å². The molecule has 0 radical (unpaired) electrons. The lowest BCUT2D eigenvalue weighted by atomic mass is 9.98. The molecule has 1 heterocycles. The van der Waals surface area contributed by atoms with Crippen molar-refractivity contribution >= 4 is 0 Å². The third-order valence-corrected chi connectivity index (χ3v) is 2.81. The fourth-order valence-electron chi connectivity index (χ4n) is 1.45. The Hall–Kier alpha value is -0.720. The summed E-state index contributed by atoms with van der Waals surface area (Å²) in [6.45, 7) is 8.80. The summed E-state index contributed by atoms with van der Waals surface area (Å²) in [6, 6.07) is 0.569. The summed E-state index contributed by atoms with van der Waals surface area (Å²) >= 11 is 0. The molecule has 0 amide bonds. The van der Waals surface area contributed by atoms with E-state index < -0.39 is 0 Å². The fraction of sp³-hybridized carbons (Fsp3) is 0.600. The molecule has 0 saturated heterocycles. The molecule has 1 heteroatoms. The Bertz CT molecular complexity index is 223. The van der Waals surface area contributed by atoms with Crippen molar-refractivity contribution in [2.45, 2.75) is 33.7 Å². The first-order valence-electron chi connectivity index (χ1n) is 4.12. The van der Waals surface area contributed by atoms with Crippen LogP contribution >= 0.6 is 0 Å². The van der Waals surface area contributed by atoms with Crippen LogP contribution in [0.3, 0.4) is 0 Å². The number of allylic oxidation sites excluding steroid dienone is 3. The zero-order valence-corrected chi connectivity index (χ0v) is 8.10. The fourth-order valence-corrected chi connectivity index (χ4v) is 1.45. The maximum Gasteiger partial charge on any atom is 0.0470 e. The minimum atomic E-state index is 0.569. The van der Waals surface area contributed by atoms with E-state index in [-0.39, 0.29) is 0 Å². The highest BCUT2D eigenvalue weighted by Gasteiger charge is 2.16. The second-order valence-electron chi connectivity index (χ2n) is 3.44. The number of hydrogen-bond donors (Lipinski definition) is 0. The Morgan fingerprint density at radius 1 is 1.27 bits per heavy atom. The van der Waals surface area contributed by atoms with Crippen LogP contribution < -0.4 is 0 Å². The maximum atomic E-state index is 2.31. The summed E-state index contributed by atoms with van der Waals surface area (Å²) in [7, 11) is 2.15. The van der Waals surface area contributed by atoms with Gasteiger partial charge in [0.05, 0.1) is 0 Å². The van der Waals surface area contributed by atoms with Crippen LogP contribution in [-0.2, 0) is 0 Å². The van der Waals surface area contributed by atoms with Gasteiger partial charge in [-0.2, -0.15) is 0 Å². The zero-order valence-electron chi connectivity index (χ0n) is 8.10. The molecule has 0 spiro atoms. The van der Waals surface area contributed by atoms with Gasteiger partial charge in [0.25, 0.3) is 0 Å². The maximum absolute atomic E-state index is 2.31. The van der Waals surface area contributed by atoms with Gasteiger partial charge in [-0.15, -0.1) is 0 Å². The Morgan fingerprint density at radius 3 is 2.36 bits per heavy atom. The van der Waals surface area contributed by atoms with Crippen molar-refractivity contribution in [3.8, 4) is 0 Å². The van der Waals surface area contributed by atoms with E-state index in [0.29, 0.717) is 6.04 Å². The minimum absolute atomic E-state index is 0.569. The molecule has 1 atom stereocenters. The summed E-state index contributed by atoms with van der Waals surface area (Å²) in [4.78, 5) is 2.31. The molecule has 0 aromatic rings. The van der Waals surface area contributed by atoms with E-state index in [2.05, 4.69) is 45.7 Å². The predicted octanol–water partition coefficient (Wildman–Crippen LogP) is 2.56. The van der Waals surface area contributed by atoms with Gasteiger partial charge in [0, 0.05) is 18.8 Å². The van der Waals surface area contributed by atoms with Crippen molar-refractivity contribution in [2.24, 2.45) is 0 Å². The first-order valence-corrected chi connectivity index (χ1v) is 4.12. The van der Waals surface area contributed by atoms with Crippen molar-refractivity contribution in [3.63, 3.8) is 0 Å². The number of likely N-dealkylation sites (N-methyl/N-ethyl adjacent to an activating group) is 1. The molecule has 1 aliphatic heterocycles. The van der Waals surface area contributed by atoms with Crippen molar-refractivity contribution in [1.82, 2.24) is 4.90 Å². The molecule has 1 rings (SSSR count). The molecule has 1 unspecified atom stereocenters. The molecule has 11 heavy (non-hydrogen) atoms. The molecule has 1 aliphatic rings. The third kappa shape index (κ3) is 1.32. The molecule has 0 aromatic heterocycles. The summed E-state index contributed by atoms with van der Waals surface area (Å²) in [6.07, 6.45) is 2.25. The normalized spacial score (nSPS) is 25.7. The van der Waals surface area contributed by atoms with E-state index in [1.807, 2.05) is 0 Å². The molecule has 0 fully saturated rings. The Balaban J connectivity index is 3.01.